The van der Waals surface area contributed by atoms with Crippen LogP contribution in [0.15, 0.2) is 59.1 Å². The van der Waals surface area contributed by atoms with Crippen LogP contribution in [0.25, 0.3) is 0 Å². The topological polar surface area (TPSA) is 79.5 Å². The summed E-state index contributed by atoms with van der Waals surface area (Å²) in [4.78, 5) is 33.0. The molecule has 1 unspecified atom stereocenters. The molecule has 158 valence electrons. The number of nitrogens with zero attached hydrogens (tertiary/aromatic N) is 4. The smallest absolute Gasteiger partial charge is 0.233 e. The fourth-order valence-electron chi connectivity index (χ4n) is 4.10. The van der Waals surface area contributed by atoms with Crippen LogP contribution in [0.1, 0.15) is 29.6 Å². The zero-order valence-corrected chi connectivity index (χ0v) is 16.8. The number of likely N-dealkylation sites (tertiary alicyclic amines) is 1. The van der Waals surface area contributed by atoms with Crippen molar-refractivity contribution >= 4 is 17.5 Å². The first-order valence-corrected chi connectivity index (χ1v) is 10.3. The summed E-state index contributed by atoms with van der Waals surface area (Å²) in [5.74, 6) is 0.277. The number of carbonyl (C=O) groups excluding carboxylic acids is 2. The van der Waals surface area contributed by atoms with Crippen molar-refractivity contribution < 1.29 is 18.5 Å². The number of rotatable bonds is 5. The van der Waals surface area contributed by atoms with Gasteiger partial charge in [0, 0.05) is 38.2 Å². The third kappa shape index (κ3) is 3.93. The molecule has 0 bridgehead atoms. The van der Waals surface area contributed by atoms with Gasteiger partial charge in [0.15, 0.2) is 5.82 Å². The fraction of sp³-hybridized carbons (Fsp3) is 0.304. The van der Waals surface area contributed by atoms with Gasteiger partial charge >= 0.3 is 0 Å². The van der Waals surface area contributed by atoms with Gasteiger partial charge in [-0.1, -0.05) is 35.5 Å². The minimum absolute atomic E-state index is 0.0197. The molecule has 8 heteroatoms. The van der Waals surface area contributed by atoms with E-state index in [0.717, 1.165) is 5.56 Å². The predicted molar refractivity (Wildman–Crippen MR) is 110 cm³/mol. The van der Waals surface area contributed by atoms with E-state index in [1.807, 2.05) is 30.3 Å². The molecule has 2 aliphatic rings. The van der Waals surface area contributed by atoms with Crippen molar-refractivity contribution in [2.24, 2.45) is 5.92 Å². The number of carbonyl (C=O) groups is 2. The number of halogens is 1. The first-order chi connectivity index (χ1) is 15.1. The lowest BCUT2D eigenvalue weighted by molar-refractivity contribution is -0.140. The zero-order chi connectivity index (χ0) is 21.4. The highest BCUT2D eigenvalue weighted by molar-refractivity contribution is 6.00. The van der Waals surface area contributed by atoms with Crippen molar-refractivity contribution in [1.29, 1.82) is 0 Å². The number of hydrogen-bond acceptors (Lipinski definition) is 5. The SMILES string of the molecule is O=C(C1CC(=O)N(c2ccc(F)cc2)C1)N1CC(c2nc(Cc3ccccc3)no2)C1. The molecule has 0 N–H and O–H groups in total. The lowest BCUT2D eigenvalue weighted by Crippen LogP contribution is -2.51. The standard InChI is InChI=1S/C23H21FN4O3/c24-18-6-8-19(9-7-18)28-14-16(11-21(28)29)23(30)27-12-17(13-27)22-25-20(26-31-22)10-15-4-2-1-3-5-15/h1-9,16-17H,10-14H2. The third-order valence-electron chi connectivity index (χ3n) is 5.84. The van der Waals surface area contributed by atoms with Gasteiger partial charge in [-0.3, -0.25) is 9.59 Å². The highest BCUT2D eigenvalue weighted by Gasteiger charge is 2.42. The lowest BCUT2D eigenvalue weighted by atomic mass is 9.96. The molecule has 3 heterocycles. The maximum atomic E-state index is 13.1. The van der Waals surface area contributed by atoms with Crippen LogP contribution in [0.4, 0.5) is 10.1 Å². The second-order valence-electron chi connectivity index (χ2n) is 8.03. The van der Waals surface area contributed by atoms with Gasteiger partial charge in [0.2, 0.25) is 17.7 Å². The highest BCUT2D eigenvalue weighted by atomic mass is 19.1. The van der Waals surface area contributed by atoms with Gasteiger partial charge < -0.3 is 14.3 Å². The average molecular weight is 420 g/mol. The van der Waals surface area contributed by atoms with E-state index in [9.17, 15) is 14.0 Å². The molecule has 7 nitrogen and oxygen atoms in total. The largest absolute Gasteiger partial charge is 0.341 e. The fourth-order valence-corrected chi connectivity index (χ4v) is 4.10. The molecule has 2 aliphatic heterocycles. The van der Waals surface area contributed by atoms with Crippen LogP contribution in [-0.2, 0) is 16.0 Å². The molecule has 31 heavy (non-hydrogen) atoms. The average Bonchev–Trinajstić information content (AvgIpc) is 3.35. The molecular formula is C23H21FN4O3. The zero-order valence-electron chi connectivity index (χ0n) is 16.8. The molecule has 0 aliphatic carbocycles. The van der Waals surface area contributed by atoms with Crippen LogP contribution in [0.3, 0.4) is 0 Å². The quantitative estimate of drug-likeness (QED) is 0.634. The van der Waals surface area contributed by atoms with Gasteiger partial charge in [0.05, 0.1) is 11.8 Å². The maximum absolute atomic E-state index is 13.1. The maximum Gasteiger partial charge on any atom is 0.233 e. The minimum atomic E-state index is -0.394. The van der Waals surface area contributed by atoms with E-state index < -0.39 is 5.92 Å². The molecule has 1 atom stereocenters. The van der Waals surface area contributed by atoms with Gasteiger partial charge in [-0.05, 0) is 29.8 Å². The van der Waals surface area contributed by atoms with E-state index in [1.54, 1.807) is 21.9 Å². The molecule has 0 saturated carbocycles. The Balaban J connectivity index is 1.16. The molecule has 2 aromatic carbocycles. The molecule has 3 aromatic rings. The summed E-state index contributed by atoms with van der Waals surface area (Å²) in [5, 5.41) is 4.05. The van der Waals surface area contributed by atoms with Crippen molar-refractivity contribution in [3.8, 4) is 0 Å². The summed E-state index contributed by atoms with van der Waals surface area (Å²) < 4.78 is 18.5. The number of benzene rings is 2. The van der Waals surface area contributed by atoms with Crippen LogP contribution in [0, 0.1) is 11.7 Å². The Morgan fingerprint density at radius 1 is 1.06 bits per heavy atom. The Kier molecular flexibility index (Phi) is 4.97. The number of aromatic nitrogens is 2. The molecule has 0 spiro atoms. The van der Waals surface area contributed by atoms with Crippen molar-refractivity contribution in [3.63, 3.8) is 0 Å². The molecule has 2 fully saturated rings. The van der Waals surface area contributed by atoms with Crippen LogP contribution in [0.2, 0.25) is 0 Å². The van der Waals surface area contributed by atoms with E-state index in [1.165, 1.54) is 12.1 Å². The molecule has 1 aromatic heterocycles. The minimum Gasteiger partial charge on any atom is -0.341 e. The van der Waals surface area contributed by atoms with E-state index >= 15 is 0 Å². The highest BCUT2D eigenvalue weighted by Crippen LogP contribution is 2.31. The van der Waals surface area contributed by atoms with Crippen LogP contribution in [0.5, 0.6) is 0 Å². The van der Waals surface area contributed by atoms with Crippen LogP contribution >= 0.6 is 0 Å². The molecule has 2 saturated heterocycles. The summed E-state index contributed by atoms with van der Waals surface area (Å²) in [6.45, 7) is 1.33. The normalized spacial score (nSPS) is 19.0. The Bertz CT molecular complexity index is 1090. The second kappa shape index (κ2) is 7.94. The number of anilines is 1. The van der Waals surface area contributed by atoms with Gasteiger partial charge in [0.1, 0.15) is 5.82 Å². The van der Waals surface area contributed by atoms with E-state index in [0.29, 0.717) is 43.5 Å². The molecule has 0 radical (unpaired) electrons. The van der Waals surface area contributed by atoms with Crippen molar-refractivity contribution in [2.75, 3.05) is 24.5 Å². The van der Waals surface area contributed by atoms with Crippen molar-refractivity contribution in [3.05, 3.63) is 77.7 Å². The number of hydrogen-bond donors (Lipinski definition) is 0. The van der Waals surface area contributed by atoms with Gasteiger partial charge in [-0.2, -0.15) is 4.98 Å². The Labute approximate surface area is 178 Å². The van der Waals surface area contributed by atoms with Crippen molar-refractivity contribution in [1.82, 2.24) is 15.0 Å². The lowest BCUT2D eigenvalue weighted by Gasteiger charge is -2.38. The monoisotopic (exact) mass is 420 g/mol. The summed E-state index contributed by atoms with van der Waals surface area (Å²) in [6.07, 6.45) is 0.766. The summed E-state index contributed by atoms with van der Waals surface area (Å²) in [5.41, 5.74) is 1.72. The van der Waals surface area contributed by atoms with Crippen molar-refractivity contribution in [2.45, 2.75) is 18.8 Å². The Morgan fingerprint density at radius 3 is 2.55 bits per heavy atom. The molecule has 2 amide bonds. The summed E-state index contributed by atoms with van der Waals surface area (Å²) in [6, 6.07) is 15.7. The predicted octanol–water partition coefficient (Wildman–Crippen LogP) is 2.78. The first-order valence-electron chi connectivity index (χ1n) is 10.3. The number of amides is 2. The van der Waals surface area contributed by atoms with E-state index in [-0.39, 0.29) is 30.0 Å². The van der Waals surface area contributed by atoms with Gasteiger partial charge in [-0.15, -0.1) is 0 Å². The molecule has 5 rings (SSSR count). The van der Waals surface area contributed by atoms with E-state index in [4.69, 9.17) is 4.52 Å². The van der Waals surface area contributed by atoms with Crippen LogP contribution in [-0.4, -0.2) is 46.5 Å². The molecular weight excluding hydrogens is 399 g/mol. The van der Waals surface area contributed by atoms with E-state index in [2.05, 4.69) is 10.1 Å². The summed E-state index contributed by atoms with van der Waals surface area (Å²) in [7, 11) is 0. The van der Waals surface area contributed by atoms with Crippen LogP contribution < -0.4 is 4.90 Å². The third-order valence-corrected chi connectivity index (χ3v) is 5.84. The summed E-state index contributed by atoms with van der Waals surface area (Å²) >= 11 is 0. The van der Waals surface area contributed by atoms with Gasteiger partial charge in [0.25, 0.3) is 0 Å². The first kappa shape index (κ1) is 19.4. The Hall–Kier alpha value is -3.55. The Morgan fingerprint density at radius 2 is 1.81 bits per heavy atom. The van der Waals surface area contributed by atoms with Gasteiger partial charge in [-0.25, -0.2) is 4.39 Å². The second-order valence-corrected chi connectivity index (χ2v) is 8.03.